The first-order chi connectivity index (χ1) is 7.34. The average Bonchev–Trinajstić information content (AvgIpc) is 2.17. The maximum atomic E-state index is 11.4. The third kappa shape index (κ3) is 5.28. The molecule has 94 valence electrons. The Balaban J connectivity index is 4.55. The van der Waals surface area contributed by atoms with Gasteiger partial charge in [0.05, 0.1) is 12.7 Å². The van der Waals surface area contributed by atoms with E-state index < -0.39 is 17.7 Å². The minimum Gasteiger partial charge on any atom is -0.456 e. The predicted octanol–water partition coefficient (Wildman–Crippen LogP) is 1.41. The van der Waals surface area contributed by atoms with Crippen LogP contribution in [0.4, 0.5) is 0 Å². The van der Waals surface area contributed by atoms with Crippen molar-refractivity contribution in [3.63, 3.8) is 0 Å². The fraction of sp³-hybridized carbons (Fsp3) is 0.750. The largest absolute Gasteiger partial charge is 0.456 e. The molecule has 0 saturated heterocycles. The van der Waals surface area contributed by atoms with Gasteiger partial charge in [-0.2, -0.15) is 0 Å². The van der Waals surface area contributed by atoms with E-state index in [4.69, 9.17) is 9.84 Å². The van der Waals surface area contributed by atoms with Crippen molar-refractivity contribution in [3.8, 4) is 0 Å². The smallest absolute Gasteiger partial charge is 0.333 e. The Labute approximate surface area is 96.9 Å². The molecule has 0 amide bonds. The summed E-state index contributed by atoms with van der Waals surface area (Å²) in [6.45, 7) is 8.49. The maximum absolute atomic E-state index is 11.4. The van der Waals surface area contributed by atoms with E-state index in [1.807, 2.05) is 6.92 Å². The van der Waals surface area contributed by atoms with Gasteiger partial charge in [-0.3, -0.25) is 0 Å². The summed E-state index contributed by atoms with van der Waals surface area (Å²) in [5.74, 6) is -0.457. The Hall–Kier alpha value is -0.870. The minimum absolute atomic E-state index is 0.232. The van der Waals surface area contributed by atoms with Crippen LogP contribution in [0.2, 0.25) is 0 Å². The number of esters is 1. The standard InChI is InChI=1S/C12H22O4/c1-5-6-12(4,7-10(14)8-13)16-11(15)9(2)3/h10,13-14H,2,5-8H2,1,3-4H3. The second kappa shape index (κ2) is 6.66. The van der Waals surface area contributed by atoms with Crippen molar-refractivity contribution in [1.82, 2.24) is 0 Å². The lowest BCUT2D eigenvalue weighted by Crippen LogP contribution is -2.37. The van der Waals surface area contributed by atoms with E-state index in [2.05, 4.69) is 6.58 Å². The fourth-order valence-corrected chi connectivity index (χ4v) is 1.60. The Morgan fingerprint density at radius 2 is 2.12 bits per heavy atom. The zero-order chi connectivity index (χ0) is 12.8. The summed E-state index contributed by atoms with van der Waals surface area (Å²) in [6.07, 6.45) is 0.840. The van der Waals surface area contributed by atoms with Gasteiger partial charge < -0.3 is 14.9 Å². The van der Waals surface area contributed by atoms with Gasteiger partial charge in [-0.05, 0) is 20.3 Å². The summed E-state index contributed by atoms with van der Waals surface area (Å²) >= 11 is 0. The van der Waals surface area contributed by atoms with E-state index >= 15 is 0 Å². The quantitative estimate of drug-likeness (QED) is 0.512. The molecule has 0 aliphatic rings. The molecule has 0 rings (SSSR count). The first-order valence-electron chi connectivity index (χ1n) is 5.52. The third-order valence-electron chi connectivity index (χ3n) is 2.34. The number of aliphatic hydroxyl groups is 2. The van der Waals surface area contributed by atoms with Gasteiger partial charge >= 0.3 is 5.97 Å². The number of rotatable bonds is 7. The van der Waals surface area contributed by atoms with Gasteiger partial charge in [0.2, 0.25) is 0 Å². The highest BCUT2D eigenvalue weighted by Gasteiger charge is 2.30. The zero-order valence-corrected chi connectivity index (χ0v) is 10.3. The Morgan fingerprint density at radius 1 is 1.56 bits per heavy atom. The normalized spacial score (nSPS) is 16.3. The molecular formula is C12H22O4. The van der Waals surface area contributed by atoms with E-state index in [1.54, 1.807) is 13.8 Å². The molecule has 2 atom stereocenters. The van der Waals surface area contributed by atoms with E-state index in [0.717, 1.165) is 6.42 Å². The molecule has 0 spiro atoms. The fourth-order valence-electron chi connectivity index (χ4n) is 1.60. The zero-order valence-electron chi connectivity index (χ0n) is 10.3. The highest BCUT2D eigenvalue weighted by atomic mass is 16.6. The van der Waals surface area contributed by atoms with Crippen LogP contribution in [0.1, 0.15) is 40.0 Å². The molecule has 0 fully saturated rings. The number of hydrogen-bond acceptors (Lipinski definition) is 4. The number of hydrogen-bond donors (Lipinski definition) is 2. The monoisotopic (exact) mass is 230 g/mol. The molecule has 0 aliphatic heterocycles. The molecule has 0 bridgehead atoms. The molecule has 0 aromatic heterocycles. The number of carbonyl (C=O) groups excluding carboxylic acids is 1. The SMILES string of the molecule is C=C(C)C(=O)OC(C)(CCC)CC(O)CO. The topological polar surface area (TPSA) is 66.8 Å². The van der Waals surface area contributed by atoms with E-state index in [1.165, 1.54) is 0 Å². The molecule has 0 radical (unpaired) electrons. The molecule has 4 heteroatoms. The summed E-state index contributed by atoms with van der Waals surface area (Å²) in [7, 11) is 0. The van der Waals surface area contributed by atoms with Crippen molar-refractivity contribution >= 4 is 5.97 Å². The number of ether oxygens (including phenoxy) is 1. The highest BCUT2D eigenvalue weighted by molar-refractivity contribution is 5.87. The first kappa shape index (κ1) is 15.1. The van der Waals surface area contributed by atoms with Crippen molar-refractivity contribution in [2.24, 2.45) is 0 Å². The van der Waals surface area contributed by atoms with Crippen LogP contribution in [0.3, 0.4) is 0 Å². The van der Waals surface area contributed by atoms with Gasteiger partial charge in [0, 0.05) is 12.0 Å². The predicted molar refractivity (Wildman–Crippen MR) is 61.9 cm³/mol. The van der Waals surface area contributed by atoms with Crippen LogP contribution >= 0.6 is 0 Å². The summed E-state index contributed by atoms with van der Waals surface area (Å²) in [5, 5.41) is 18.2. The average molecular weight is 230 g/mol. The van der Waals surface area contributed by atoms with Gasteiger partial charge in [-0.25, -0.2) is 4.79 Å². The molecule has 0 heterocycles. The van der Waals surface area contributed by atoms with Crippen LogP contribution in [-0.4, -0.2) is 34.5 Å². The van der Waals surface area contributed by atoms with Crippen molar-refractivity contribution in [2.45, 2.75) is 51.7 Å². The van der Waals surface area contributed by atoms with Gasteiger partial charge in [-0.15, -0.1) is 0 Å². The van der Waals surface area contributed by atoms with Crippen LogP contribution in [-0.2, 0) is 9.53 Å². The summed E-state index contributed by atoms with van der Waals surface area (Å²) < 4.78 is 5.30. The molecular weight excluding hydrogens is 208 g/mol. The van der Waals surface area contributed by atoms with E-state index in [-0.39, 0.29) is 13.0 Å². The first-order valence-corrected chi connectivity index (χ1v) is 5.52. The van der Waals surface area contributed by atoms with Crippen molar-refractivity contribution in [3.05, 3.63) is 12.2 Å². The summed E-state index contributed by atoms with van der Waals surface area (Å²) in [4.78, 5) is 11.4. The van der Waals surface area contributed by atoms with Crippen molar-refractivity contribution in [2.75, 3.05) is 6.61 Å². The van der Waals surface area contributed by atoms with Crippen LogP contribution in [0, 0.1) is 0 Å². The molecule has 0 saturated carbocycles. The molecule has 0 aromatic carbocycles. The summed E-state index contributed by atoms with van der Waals surface area (Å²) in [6, 6.07) is 0. The highest BCUT2D eigenvalue weighted by Crippen LogP contribution is 2.25. The lowest BCUT2D eigenvalue weighted by Gasteiger charge is -2.31. The number of carbonyl (C=O) groups is 1. The van der Waals surface area contributed by atoms with Crippen LogP contribution < -0.4 is 0 Å². The second-order valence-electron chi connectivity index (χ2n) is 4.41. The Kier molecular flexibility index (Phi) is 6.29. The minimum atomic E-state index is -0.866. The van der Waals surface area contributed by atoms with Crippen molar-refractivity contribution in [1.29, 1.82) is 0 Å². The summed E-state index contributed by atoms with van der Waals surface area (Å²) in [5.41, 5.74) is -0.409. The number of aliphatic hydroxyl groups excluding tert-OH is 2. The van der Waals surface area contributed by atoms with Crippen molar-refractivity contribution < 1.29 is 19.7 Å². The third-order valence-corrected chi connectivity index (χ3v) is 2.34. The molecule has 0 aliphatic carbocycles. The molecule has 0 aromatic rings. The van der Waals surface area contributed by atoms with Crippen LogP contribution in [0.25, 0.3) is 0 Å². The lowest BCUT2D eigenvalue weighted by molar-refractivity contribution is -0.157. The van der Waals surface area contributed by atoms with Gasteiger partial charge in [-0.1, -0.05) is 19.9 Å². The van der Waals surface area contributed by atoms with Crippen LogP contribution in [0.5, 0.6) is 0 Å². The molecule has 2 N–H and O–H groups in total. The Bertz CT molecular complexity index is 249. The Morgan fingerprint density at radius 3 is 2.50 bits per heavy atom. The van der Waals surface area contributed by atoms with Gasteiger partial charge in [0.25, 0.3) is 0 Å². The van der Waals surface area contributed by atoms with E-state index in [9.17, 15) is 9.90 Å². The van der Waals surface area contributed by atoms with Crippen LogP contribution in [0.15, 0.2) is 12.2 Å². The molecule has 2 unspecified atom stereocenters. The lowest BCUT2D eigenvalue weighted by atomic mass is 9.93. The molecule has 4 nitrogen and oxygen atoms in total. The van der Waals surface area contributed by atoms with Gasteiger partial charge in [0.15, 0.2) is 0 Å². The maximum Gasteiger partial charge on any atom is 0.333 e. The second-order valence-corrected chi connectivity index (χ2v) is 4.41. The molecule has 16 heavy (non-hydrogen) atoms. The van der Waals surface area contributed by atoms with Gasteiger partial charge in [0.1, 0.15) is 5.60 Å². The van der Waals surface area contributed by atoms with E-state index in [0.29, 0.717) is 12.0 Å².